The van der Waals surface area contributed by atoms with Gasteiger partial charge in [0.25, 0.3) is 0 Å². The SMILES string of the molecule is Brc1ccc(N2CCN(CCc3cnccn3)CC2)nc1C1CC1. The van der Waals surface area contributed by atoms with Crippen molar-refractivity contribution in [1.29, 1.82) is 0 Å². The van der Waals surface area contributed by atoms with Gasteiger partial charge in [-0.2, -0.15) is 0 Å². The molecule has 126 valence electrons. The van der Waals surface area contributed by atoms with Gasteiger partial charge in [0.2, 0.25) is 0 Å². The molecule has 4 rings (SSSR count). The Labute approximate surface area is 151 Å². The van der Waals surface area contributed by atoms with E-state index in [2.05, 4.69) is 47.8 Å². The summed E-state index contributed by atoms with van der Waals surface area (Å²) in [6.07, 6.45) is 8.89. The Hall–Kier alpha value is -1.53. The molecule has 0 N–H and O–H groups in total. The van der Waals surface area contributed by atoms with E-state index in [0.29, 0.717) is 5.92 Å². The molecular formula is C18H22BrN5. The molecule has 2 fully saturated rings. The van der Waals surface area contributed by atoms with Crippen molar-refractivity contribution in [3.8, 4) is 0 Å². The number of aromatic nitrogens is 3. The lowest BCUT2D eigenvalue weighted by molar-refractivity contribution is 0.259. The summed E-state index contributed by atoms with van der Waals surface area (Å²) in [6.45, 7) is 5.29. The largest absolute Gasteiger partial charge is 0.354 e. The second-order valence-corrected chi connectivity index (χ2v) is 7.44. The van der Waals surface area contributed by atoms with Crippen molar-refractivity contribution in [2.45, 2.75) is 25.2 Å². The summed E-state index contributed by atoms with van der Waals surface area (Å²) in [6, 6.07) is 4.31. The van der Waals surface area contributed by atoms with Gasteiger partial charge in [-0.3, -0.25) is 14.9 Å². The summed E-state index contributed by atoms with van der Waals surface area (Å²) in [5.41, 5.74) is 2.32. The molecule has 5 nitrogen and oxygen atoms in total. The molecule has 0 spiro atoms. The first-order valence-corrected chi connectivity index (χ1v) is 9.47. The summed E-state index contributed by atoms with van der Waals surface area (Å²) in [4.78, 5) is 18.3. The van der Waals surface area contributed by atoms with E-state index >= 15 is 0 Å². The standard InChI is InChI=1S/C18H22BrN5/c19-16-3-4-17(22-18(16)14-1-2-14)24-11-9-23(10-12-24)8-5-15-13-20-6-7-21-15/h3-4,6-7,13-14H,1-2,5,8-12H2. The van der Waals surface area contributed by atoms with E-state index in [0.717, 1.165) is 55.1 Å². The average Bonchev–Trinajstić information content (AvgIpc) is 3.47. The predicted octanol–water partition coefficient (Wildman–Crippen LogP) is 2.88. The predicted molar refractivity (Wildman–Crippen MR) is 98.3 cm³/mol. The van der Waals surface area contributed by atoms with Crippen LogP contribution < -0.4 is 4.90 Å². The third-order valence-corrected chi connectivity index (χ3v) is 5.49. The molecule has 2 aromatic rings. The van der Waals surface area contributed by atoms with E-state index in [1.807, 2.05) is 6.20 Å². The normalized spacial score (nSPS) is 18.8. The molecule has 1 saturated heterocycles. The van der Waals surface area contributed by atoms with Gasteiger partial charge in [-0.1, -0.05) is 0 Å². The van der Waals surface area contributed by atoms with Crippen LogP contribution in [0.5, 0.6) is 0 Å². The molecule has 0 atom stereocenters. The molecule has 0 unspecified atom stereocenters. The first kappa shape index (κ1) is 16.0. The van der Waals surface area contributed by atoms with Crippen LogP contribution >= 0.6 is 15.9 Å². The number of hydrogen-bond donors (Lipinski definition) is 0. The maximum atomic E-state index is 4.92. The van der Waals surface area contributed by atoms with Gasteiger partial charge < -0.3 is 4.90 Å². The lowest BCUT2D eigenvalue weighted by atomic mass is 10.2. The van der Waals surface area contributed by atoms with Gasteiger partial charge in [-0.25, -0.2) is 4.98 Å². The minimum absolute atomic E-state index is 0.674. The van der Waals surface area contributed by atoms with E-state index in [-0.39, 0.29) is 0 Å². The smallest absolute Gasteiger partial charge is 0.128 e. The summed E-state index contributed by atoms with van der Waals surface area (Å²) in [7, 11) is 0. The van der Waals surface area contributed by atoms with Crippen molar-refractivity contribution in [3.63, 3.8) is 0 Å². The maximum absolute atomic E-state index is 4.92. The molecule has 0 radical (unpaired) electrons. The van der Waals surface area contributed by atoms with Crippen molar-refractivity contribution >= 4 is 21.7 Å². The highest BCUT2D eigenvalue weighted by Crippen LogP contribution is 2.42. The third kappa shape index (κ3) is 3.75. The topological polar surface area (TPSA) is 45.2 Å². The number of nitrogens with zero attached hydrogens (tertiary/aromatic N) is 5. The van der Waals surface area contributed by atoms with Crippen LogP contribution in [0.1, 0.15) is 30.1 Å². The first-order chi connectivity index (χ1) is 11.8. The molecule has 3 heterocycles. The van der Waals surface area contributed by atoms with Gasteiger partial charge >= 0.3 is 0 Å². The highest BCUT2D eigenvalue weighted by molar-refractivity contribution is 9.10. The Kier molecular flexibility index (Phi) is 4.76. The van der Waals surface area contributed by atoms with Crippen LogP contribution in [0, 0.1) is 0 Å². The minimum atomic E-state index is 0.674. The van der Waals surface area contributed by atoms with Crippen LogP contribution in [-0.4, -0.2) is 52.6 Å². The van der Waals surface area contributed by atoms with E-state index in [9.17, 15) is 0 Å². The molecule has 6 heteroatoms. The molecule has 0 bridgehead atoms. The molecule has 1 aliphatic carbocycles. The van der Waals surface area contributed by atoms with Crippen molar-refractivity contribution in [2.75, 3.05) is 37.6 Å². The number of piperazine rings is 1. The van der Waals surface area contributed by atoms with E-state index in [1.54, 1.807) is 12.4 Å². The van der Waals surface area contributed by atoms with Gasteiger partial charge in [-0.05, 0) is 40.9 Å². The second kappa shape index (κ2) is 7.15. The van der Waals surface area contributed by atoms with Crippen LogP contribution in [0.3, 0.4) is 0 Å². The van der Waals surface area contributed by atoms with Crippen LogP contribution in [0.2, 0.25) is 0 Å². The van der Waals surface area contributed by atoms with E-state index < -0.39 is 0 Å². The summed E-state index contributed by atoms with van der Waals surface area (Å²) in [5, 5.41) is 0. The maximum Gasteiger partial charge on any atom is 0.128 e. The molecule has 24 heavy (non-hydrogen) atoms. The van der Waals surface area contributed by atoms with Gasteiger partial charge in [0.15, 0.2) is 0 Å². The molecule has 1 saturated carbocycles. The Morgan fingerprint density at radius 2 is 1.92 bits per heavy atom. The zero-order valence-electron chi connectivity index (χ0n) is 13.7. The Balaban J connectivity index is 1.32. The summed E-state index contributed by atoms with van der Waals surface area (Å²) >= 11 is 3.65. The van der Waals surface area contributed by atoms with Gasteiger partial charge in [0.05, 0.1) is 11.4 Å². The van der Waals surface area contributed by atoms with Crippen molar-refractivity contribution < 1.29 is 0 Å². The average molecular weight is 388 g/mol. The fourth-order valence-corrected chi connectivity index (χ4v) is 3.74. The highest BCUT2D eigenvalue weighted by Gasteiger charge is 2.28. The molecular weight excluding hydrogens is 366 g/mol. The van der Waals surface area contributed by atoms with Crippen LogP contribution in [0.4, 0.5) is 5.82 Å². The fourth-order valence-electron chi connectivity index (χ4n) is 3.20. The second-order valence-electron chi connectivity index (χ2n) is 6.59. The Bertz CT molecular complexity index is 681. The van der Waals surface area contributed by atoms with Crippen molar-refractivity contribution in [1.82, 2.24) is 19.9 Å². The number of halogens is 1. The molecule has 2 aromatic heterocycles. The molecule has 2 aliphatic rings. The van der Waals surface area contributed by atoms with Gasteiger partial charge in [0, 0.05) is 68.1 Å². The summed E-state index contributed by atoms with van der Waals surface area (Å²) in [5.74, 6) is 1.81. The number of anilines is 1. The monoisotopic (exact) mass is 387 g/mol. The molecule has 0 aromatic carbocycles. The van der Waals surface area contributed by atoms with Gasteiger partial charge in [0.1, 0.15) is 5.82 Å². The Morgan fingerprint density at radius 1 is 1.08 bits per heavy atom. The lowest BCUT2D eigenvalue weighted by Crippen LogP contribution is -2.47. The zero-order valence-corrected chi connectivity index (χ0v) is 15.3. The lowest BCUT2D eigenvalue weighted by Gasteiger charge is -2.35. The molecule has 1 aliphatic heterocycles. The zero-order chi connectivity index (χ0) is 16.4. The summed E-state index contributed by atoms with van der Waals surface area (Å²) < 4.78 is 1.16. The van der Waals surface area contributed by atoms with Crippen molar-refractivity contribution in [3.05, 3.63) is 46.6 Å². The van der Waals surface area contributed by atoms with Gasteiger partial charge in [-0.15, -0.1) is 0 Å². The van der Waals surface area contributed by atoms with Crippen LogP contribution in [0.15, 0.2) is 35.2 Å². The van der Waals surface area contributed by atoms with Crippen molar-refractivity contribution in [2.24, 2.45) is 0 Å². The van der Waals surface area contributed by atoms with Crippen LogP contribution in [0.25, 0.3) is 0 Å². The van der Waals surface area contributed by atoms with E-state index in [1.165, 1.54) is 18.5 Å². The third-order valence-electron chi connectivity index (χ3n) is 4.82. The number of rotatable bonds is 5. The quantitative estimate of drug-likeness (QED) is 0.788. The number of hydrogen-bond acceptors (Lipinski definition) is 5. The fraction of sp³-hybridized carbons (Fsp3) is 0.500. The van der Waals surface area contributed by atoms with E-state index in [4.69, 9.17) is 4.98 Å². The van der Waals surface area contributed by atoms with Crippen LogP contribution in [-0.2, 0) is 6.42 Å². The minimum Gasteiger partial charge on any atom is -0.354 e. The highest BCUT2D eigenvalue weighted by atomic mass is 79.9. The number of pyridine rings is 1. The first-order valence-electron chi connectivity index (χ1n) is 8.68. The Morgan fingerprint density at radius 3 is 2.62 bits per heavy atom. The molecule has 0 amide bonds.